The second kappa shape index (κ2) is 12.1. The van der Waals surface area contributed by atoms with Gasteiger partial charge >= 0.3 is 0 Å². The third-order valence-corrected chi connectivity index (χ3v) is 5.63. The van der Waals surface area contributed by atoms with Gasteiger partial charge in [0.25, 0.3) is 0 Å². The van der Waals surface area contributed by atoms with E-state index in [1.54, 1.807) is 0 Å². The molecule has 0 spiro atoms. The summed E-state index contributed by atoms with van der Waals surface area (Å²) < 4.78 is 5.77. The average Bonchev–Trinajstić information content (AvgIpc) is 3.63. The van der Waals surface area contributed by atoms with E-state index in [0.717, 1.165) is 54.2 Å². The normalized spacial score (nSPS) is 12.8. The predicted octanol–water partition coefficient (Wildman–Crippen LogP) is 5.74. The monoisotopic (exact) mass is 437 g/mol. The van der Waals surface area contributed by atoms with Gasteiger partial charge in [0.1, 0.15) is 5.75 Å². The summed E-state index contributed by atoms with van der Waals surface area (Å²) in [6.45, 7) is 5.00. The Morgan fingerprint density at radius 3 is 2.38 bits per heavy atom. The van der Waals surface area contributed by atoms with Crippen molar-refractivity contribution < 1.29 is 14.3 Å². The number of carbonyl (C=O) groups excluding carboxylic acids is 2. The molecule has 0 atom stereocenters. The van der Waals surface area contributed by atoms with E-state index in [9.17, 15) is 9.59 Å². The van der Waals surface area contributed by atoms with E-state index in [1.165, 1.54) is 25.7 Å². The van der Waals surface area contributed by atoms with Crippen molar-refractivity contribution in [1.29, 1.82) is 0 Å². The van der Waals surface area contributed by atoms with Crippen LogP contribution in [0.15, 0.2) is 42.5 Å². The van der Waals surface area contributed by atoms with Gasteiger partial charge in [0, 0.05) is 23.0 Å². The van der Waals surface area contributed by atoms with Crippen LogP contribution in [0.4, 0.5) is 17.1 Å². The fourth-order valence-electron chi connectivity index (χ4n) is 3.45. The van der Waals surface area contributed by atoms with E-state index in [2.05, 4.69) is 22.9 Å². The van der Waals surface area contributed by atoms with E-state index >= 15 is 0 Å². The number of hydrogen-bond donors (Lipinski definition) is 3. The van der Waals surface area contributed by atoms with E-state index in [-0.39, 0.29) is 24.3 Å². The summed E-state index contributed by atoms with van der Waals surface area (Å²) in [6.07, 6.45) is 7.99. The molecule has 6 heteroatoms. The number of anilines is 3. The van der Waals surface area contributed by atoms with Gasteiger partial charge < -0.3 is 20.7 Å². The molecule has 0 aromatic heterocycles. The third-order valence-electron chi connectivity index (χ3n) is 5.63. The lowest BCUT2D eigenvalue weighted by atomic mass is 10.1. The van der Waals surface area contributed by atoms with Crippen LogP contribution in [0.2, 0.25) is 0 Å². The van der Waals surface area contributed by atoms with Crippen LogP contribution >= 0.6 is 0 Å². The fourth-order valence-corrected chi connectivity index (χ4v) is 3.45. The Balaban J connectivity index is 1.41. The van der Waals surface area contributed by atoms with Gasteiger partial charge in [-0.15, -0.1) is 0 Å². The molecule has 172 valence electrons. The first-order valence-electron chi connectivity index (χ1n) is 11.7. The fraction of sp³-hybridized carbons (Fsp3) is 0.462. The van der Waals surface area contributed by atoms with Crippen molar-refractivity contribution in [3.8, 4) is 5.75 Å². The number of unbranched alkanes of at least 4 members (excludes halogenated alkanes) is 4. The van der Waals surface area contributed by atoms with Crippen molar-refractivity contribution in [2.75, 3.05) is 29.1 Å². The molecular weight excluding hydrogens is 402 g/mol. The summed E-state index contributed by atoms with van der Waals surface area (Å²) in [5.74, 6) is 0.907. The SMILES string of the molecule is CCCCCCCOc1ccc(NC(=O)CNc2cccc(NC(=O)C3CC3)c2C)cc1. The van der Waals surface area contributed by atoms with Crippen molar-refractivity contribution in [1.82, 2.24) is 0 Å². The number of benzene rings is 2. The topological polar surface area (TPSA) is 79.5 Å². The van der Waals surface area contributed by atoms with Gasteiger partial charge in [-0.3, -0.25) is 9.59 Å². The molecule has 3 N–H and O–H groups in total. The Morgan fingerprint density at radius 2 is 1.66 bits per heavy atom. The zero-order valence-electron chi connectivity index (χ0n) is 19.2. The largest absolute Gasteiger partial charge is 0.494 e. The molecule has 0 aliphatic heterocycles. The van der Waals surface area contributed by atoms with Crippen LogP contribution in [0.5, 0.6) is 5.75 Å². The maximum absolute atomic E-state index is 12.4. The first-order valence-corrected chi connectivity index (χ1v) is 11.7. The Morgan fingerprint density at radius 1 is 0.938 bits per heavy atom. The molecule has 6 nitrogen and oxygen atoms in total. The van der Waals surface area contributed by atoms with Crippen molar-refractivity contribution in [3.05, 3.63) is 48.0 Å². The van der Waals surface area contributed by atoms with Gasteiger partial charge in [0.15, 0.2) is 0 Å². The summed E-state index contributed by atoms with van der Waals surface area (Å²) in [6, 6.07) is 13.1. The molecule has 3 rings (SSSR count). The smallest absolute Gasteiger partial charge is 0.243 e. The number of nitrogens with one attached hydrogen (secondary N) is 3. The number of rotatable bonds is 13. The van der Waals surface area contributed by atoms with Gasteiger partial charge in [0.2, 0.25) is 11.8 Å². The highest BCUT2D eigenvalue weighted by Crippen LogP contribution is 2.31. The molecule has 2 aromatic rings. The van der Waals surface area contributed by atoms with Gasteiger partial charge in [-0.2, -0.15) is 0 Å². The van der Waals surface area contributed by atoms with Gasteiger partial charge in [-0.05, 0) is 68.1 Å². The Kier molecular flexibility index (Phi) is 8.96. The quantitative estimate of drug-likeness (QED) is 0.349. The van der Waals surface area contributed by atoms with Gasteiger partial charge in [0.05, 0.1) is 13.2 Å². The van der Waals surface area contributed by atoms with E-state index in [4.69, 9.17) is 4.74 Å². The molecular formula is C26H35N3O3. The Bertz CT molecular complexity index is 892. The summed E-state index contributed by atoms with van der Waals surface area (Å²) in [4.78, 5) is 24.4. The molecule has 0 saturated heterocycles. The third kappa shape index (κ3) is 7.59. The van der Waals surface area contributed by atoms with Crippen LogP contribution in [0.25, 0.3) is 0 Å². The number of hydrogen-bond acceptors (Lipinski definition) is 4. The van der Waals surface area contributed by atoms with Crippen molar-refractivity contribution in [2.45, 2.75) is 58.8 Å². The maximum atomic E-state index is 12.4. The molecule has 1 saturated carbocycles. The first kappa shape index (κ1) is 23.6. The molecule has 32 heavy (non-hydrogen) atoms. The molecule has 0 radical (unpaired) electrons. The van der Waals surface area contributed by atoms with Crippen molar-refractivity contribution >= 4 is 28.9 Å². The minimum atomic E-state index is -0.138. The predicted molar refractivity (Wildman–Crippen MR) is 130 cm³/mol. The zero-order chi connectivity index (χ0) is 22.8. The van der Waals surface area contributed by atoms with Crippen LogP contribution < -0.4 is 20.7 Å². The van der Waals surface area contributed by atoms with Crippen molar-refractivity contribution in [3.63, 3.8) is 0 Å². The van der Waals surface area contributed by atoms with E-state index in [1.807, 2.05) is 49.4 Å². The van der Waals surface area contributed by atoms with Crippen LogP contribution in [0.3, 0.4) is 0 Å². The molecule has 0 unspecified atom stereocenters. The second-order valence-corrected chi connectivity index (χ2v) is 8.43. The summed E-state index contributed by atoms with van der Waals surface area (Å²) in [7, 11) is 0. The van der Waals surface area contributed by atoms with E-state index in [0.29, 0.717) is 0 Å². The summed E-state index contributed by atoms with van der Waals surface area (Å²) in [5, 5.41) is 9.04. The summed E-state index contributed by atoms with van der Waals surface area (Å²) in [5.41, 5.74) is 3.27. The first-order chi connectivity index (χ1) is 15.6. The van der Waals surface area contributed by atoms with Crippen LogP contribution in [-0.2, 0) is 9.59 Å². The lowest BCUT2D eigenvalue weighted by molar-refractivity contribution is -0.117. The molecule has 0 heterocycles. The zero-order valence-corrected chi connectivity index (χ0v) is 19.2. The Labute approximate surface area is 191 Å². The minimum Gasteiger partial charge on any atom is -0.494 e. The summed E-state index contributed by atoms with van der Waals surface area (Å²) >= 11 is 0. The van der Waals surface area contributed by atoms with Gasteiger partial charge in [-0.1, -0.05) is 38.7 Å². The molecule has 1 aliphatic rings. The number of carbonyl (C=O) groups is 2. The molecule has 2 amide bonds. The van der Waals surface area contributed by atoms with Crippen molar-refractivity contribution in [2.24, 2.45) is 5.92 Å². The minimum absolute atomic E-state index is 0.0758. The number of ether oxygens (including phenoxy) is 1. The van der Waals surface area contributed by atoms with Crippen LogP contribution in [0.1, 0.15) is 57.4 Å². The lowest BCUT2D eigenvalue weighted by Crippen LogP contribution is -2.22. The molecule has 0 bridgehead atoms. The lowest BCUT2D eigenvalue weighted by Gasteiger charge is -2.14. The highest BCUT2D eigenvalue weighted by atomic mass is 16.5. The van der Waals surface area contributed by atoms with E-state index < -0.39 is 0 Å². The van der Waals surface area contributed by atoms with Gasteiger partial charge in [-0.25, -0.2) is 0 Å². The highest BCUT2D eigenvalue weighted by molar-refractivity contribution is 5.96. The maximum Gasteiger partial charge on any atom is 0.243 e. The Hall–Kier alpha value is -3.02. The standard InChI is InChI=1S/C26H35N3O3/c1-3-4-5-6-7-17-32-22-15-13-21(14-16-22)28-25(30)18-27-23-9-8-10-24(19(23)2)29-26(31)20-11-12-20/h8-10,13-16,20,27H,3-7,11-12,17-18H2,1-2H3,(H,28,30)(H,29,31). The molecule has 1 aliphatic carbocycles. The highest BCUT2D eigenvalue weighted by Gasteiger charge is 2.29. The average molecular weight is 438 g/mol. The van der Waals surface area contributed by atoms with Crippen LogP contribution in [-0.4, -0.2) is 25.0 Å². The second-order valence-electron chi connectivity index (χ2n) is 8.43. The van der Waals surface area contributed by atoms with Crippen LogP contribution in [0, 0.1) is 12.8 Å². The number of amides is 2. The molecule has 1 fully saturated rings. The molecule has 2 aromatic carbocycles.